The average Bonchev–Trinajstić information content (AvgIpc) is 2.29. The minimum atomic E-state index is -0.488. The molecule has 0 aromatic heterocycles. The molecule has 0 aliphatic heterocycles. The number of hydrogen-bond donors (Lipinski definition) is 1. The molecule has 1 saturated carbocycles. The normalized spacial score (nSPS) is 21.4. The van der Waals surface area contributed by atoms with Gasteiger partial charge in [0, 0.05) is 18.9 Å². The Morgan fingerprint density at radius 2 is 1.95 bits per heavy atom. The first kappa shape index (κ1) is 16.2. The second kappa shape index (κ2) is 6.32. The first-order chi connectivity index (χ1) is 9.74. The summed E-state index contributed by atoms with van der Waals surface area (Å²) in [5.41, 5.74) is -0.488. The number of amides is 1. The van der Waals surface area contributed by atoms with Gasteiger partial charge in [-0.3, -0.25) is 0 Å². The van der Waals surface area contributed by atoms with E-state index < -0.39 is 11.7 Å². The highest BCUT2D eigenvalue weighted by atomic mass is 35.5. The minimum absolute atomic E-state index is 0.0286. The molecule has 0 saturated heterocycles. The van der Waals surface area contributed by atoms with Crippen molar-refractivity contribution < 1.29 is 14.3 Å². The van der Waals surface area contributed by atoms with Crippen LogP contribution in [0.4, 0.5) is 4.79 Å². The van der Waals surface area contributed by atoms with E-state index >= 15 is 0 Å². The fourth-order valence-electron chi connectivity index (χ4n) is 2.01. The fraction of sp³-hybridized carbons (Fsp3) is 0.533. The Morgan fingerprint density at radius 1 is 1.29 bits per heavy atom. The van der Waals surface area contributed by atoms with Crippen LogP contribution in [0.5, 0.6) is 5.75 Å². The first-order valence-corrected chi connectivity index (χ1v) is 7.60. The van der Waals surface area contributed by atoms with E-state index in [9.17, 15) is 4.79 Å². The van der Waals surface area contributed by atoms with E-state index in [1.54, 1.807) is 18.2 Å². The van der Waals surface area contributed by atoms with E-state index in [4.69, 9.17) is 32.7 Å². The smallest absolute Gasteiger partial charge is 0.407 e. The number of carbonyl (C=O) groups excluding carboxylic acids is 1. The van der Waals surface area contributed by atoms with Crippen molar-refractivity contribution in [3.05, 3.63) is 28.2 Å². The summed E-state index contributed by atoms with van der Waals surface area (Å²) in [5.74, 6) is 0.574. The number of nitrogens with one attached hydrogen (secondary N) is 1. The van der Waals surface area contributed by atoms with Gasteiger partial charge in [0.25, 0.3) is 0 Å². The SMILES string of the molecule is CC(C)(C)OC(=O)N[C@H]1C[C@H](Oc2cccc(Cl)c2Cl)C1. The lowest BCUT2D eigenvalue weighted by Crippen LogP contribution is -2.50. The average molecular weight is 332 g/mol. The van der Waals surface area contributed by atoms with Crippen molar-refractivity contribution in [1.82, 2.24) is 5.32 Å². The molecule has 2 rings (SSSR count). The summed E-state index contributed by atoms with van der Waals surface area (Å²) in [6.07, 6.45) is 1.08. The number of halogens is 2. The molecule has 0 spiro atoms. The third-order valence-corrected chi connectivity index (χ3v) is 3.83. The fourth-order valence-corrected chi connectivity index (χ4v) is 2.34. The Bertz CT molecular complexity index is 522. The number of benzene rings is 1. The van der Waals surface area contributed by atoms with Crippen molar-refractivity contribution in [2.75, 3.05) is 0 Å². The van der Waals surface area contributed by atoms with Crippen LogP contribution in [-0.2, 0) is 4.74 Å². The summed E-state index contributed by atoms with van der Waals surface area (Å²) in [6.45, 7) is 5.50. The van der Waals surface area contributed by atoms with Crippen molar-refractivity contribution in [1.29, 1.82) is 0 Å². The second-order valence-corrected chi connectivity index (χ2v) is 6.89. The van der Waals surface area contributed by atoms with Crippen LogP contribution in [0, 0.1) is 0 Å². The largest absolute Gasteiger partial charge is 0.489 e. The number of carbonyl (C=O) groups is 1. The molecule has 0 bridgehead atoms. The molecule has 1 aliphatic rings. The summed E-state index contributed by atoms with van der Waals surface area (Å²) in [5, 5.41) is 3.70. The summed E-state index contributed by atoms with van der Waals surface area (Å²) >= 11 is 12.0. The summed E-state index contributed by atoms with van der Waals surface area (Å²) in [6, 6.07) is 5.36. The molecule has 0 radical (unpaired) electrons. The molecule has 0 atom stereocenters. The second-order valence-electron chi connectivity index (χ2n) is 6.11. The summed E-state index contributed by atoms with van der Waals surface area (Å²) in [7, 11) is 0. The van der Waals surface area contributed by atoms with Gasteiger partial charge in [-0.2, -0.15) is 0 Å². The Morgan fingerprint density at radius 3 is 2.57 bits per heavy atom. The number of rotatable bonds is 3. The van der Waals surface area contributed by atoms with Crippen molar-refractivity contribution in [2.45, 2.75) is 51.4 Å². The molecule has 116 valence electrons. The van der Waals surface area contributed by atoms with Gasteiger partial charge in [0.1, 0.15) is 22.5 Å². The van der Waals surface area contributed by atoms with E-state index in [0.29, 0.717) is 15.8 Å². The standard InChI is InChI=1S/C15H19Cl2NO3/c1-15(2,3)21-14(19)18-9-7-10(8-9)20-12-6-4-5-11(16)13(12)17/h4-6,9-10H,7-8H2,1-3H3,(H,18,19)/t9-,10-. The van der Waals surface area contributed by atoms with Crippen molar-refractivity contribution in [2.24, 2.45) is 0 Å². The Balaban J connectivity index is 1.77. The van der Waals surface area contributed by atoms with Gasteiger partial charge in [0.05, 0.1) is 5.02 Å². The highest BCUT2D eigenvalue weighted by Gasteiger charge is 2.33. The zero-order chi connectivity index (χ0) is 15.6. The molecule has 4 nitrogen and oxygen atoms in total. The van der Waals surface area contributed by atoms with Crippen LogP contribution < -0.4 is 10.1 Å². The van der Waals surface area contributed by atoms with Gasteiger partial charge in [-0.05, 0) is 32.9 Å². The number of ether oxygens (including phenoxy) is 2. The predicted molar refractivity (Wildman–Crippen MR) is 83.3 cm³/mol. The molecule has 1 aromatic carbocycles. The lowest BCUT2D eigenvalue weighted by Gasteiger charge is -2.36. The van der Waals surface area contributed by atoms with E-state index in [1.807, 2.05) is 20.8 Å². The molecule has 1 aliphatic carbocycles. The maximum Gasteiger partial charge on any atom is 0.407 e. The third kappa shape index (κ3) is 4.68. The van der Waals surface area contributed by atoms with E-state index in [1.165, 1.54) is 0 Å². The Labute approximate surface area is 134 Å². The lowest BCUT2D eigenvalue weighted by molar-refractivity contribution is 0.0363. The van der Waals surface area contributed by atoms with Crippen molar-refractivity contribution >= 4 is 29.3 Å². The lowest BCUT2D eigenvalue weighted by atomic mass is 9.89. The van der Waals surface area contributed by atoms with Crippen LogP contribution in [0.15, 0.2) is 18.2 Å². The van der Waals surface area contributed by atoms with Gasteiger partial charge >= 0.3 is 6.09 Å². The van der Waals surface area contributed by atoms with Crippen LogP contribution in [0.2, 0.25) is 10.0 Å². The highest BCUT2D eigenvalue weighted by Crippen LogP contribution is 2.35. The monoisotopic (exact) mass is 331 g/mol. The Kier molecular flexibility index (Phi) is 4.89. The van der Waals surface area contributed by atoms with Crippen LogP contribution in [0.1, 0.15) is 33.6 Å². The molecule has 0 heterocycles. The minimum Gasteiger partial charge on any atom is -0.489 e. The molecule has 1 aromatic rings. The van der Waals surface area contributed by atoms with Crippen LogP contribution >= 0.6 is 23.2 Å². The molecule has 1 amide bonds. The molecule has 0 unspecified atom stereocenters. The molecular weight excluding hydrogens is 313 g/mol. The molecule has 1 N–H and O–H groups in total. The van der Waals surface area contributed by atoms with Crippen LogP contribution in [0.3, 0.4) is 0 Å². The van der Waals surface area contributed by atoms with E-state index in [0.717, 1.165) is 12.8 Å². The third-order valence-electron chi connectivity index (χ3n) is 3.03. The van der Waals surface area contributed by atoms with Gasteiger partial charge in [-0.15, -0.1) is 0 Å². The topological polar surface area (TPSA) is 47.6 Å². The number of hydrogen-bond acceptors (Lipinski definition) is 3. The van der Waals surface area contributed by atoms with Gasteiger partial charge in [0.2, 0.25) is 0 Å². The van der Waals surface area contributed by atoms with Crippen LogP contribution in [0.25, 0.3) is 0 Å². The molecule has 21 heavy (non-hydrogen) atoms. The summed E-state index contributed by atoms with van der Waals surface area (Å²) in [4.78, 5) is 11.6. The quantitative estimate of drug-likeness (QED) is 0.891. The van der Waals surface area contributed by atoms with Crippen LogP contribution in [-0.4, -0.2) is 23.8 Å². The first-order valence-electron chi connectivity index (χ1n) is 6.85. The highest BCUT2D eigenvalue weighted by molar-refractivity contribution is 6.42. The van der Waals surface area contributed by atoms with Gasteiger partial charge in [0.15, 0.2) is 0 Å². The molecular formula is C15H19Cl2NO3. The van der Waals surface area contributed by atoms with Gasteiger partial charge < -0.3 is 14.8 Å². The molecule has 6 heteroatoms. The molecule has 1 fully saturated rings. The summed E-state index contributed by atoms with van der Waals surface area (Å²) < 4.78 is 11.0. The maximum absolute atomic E-state index is 11.6. The number of alkyl carbamates (subject to hydrolysis) is 1. The van der Waals surface area contributed by atoms with Crippen molar-refractivity contribution in [3.8, 4) is 5.75 Å². The van der Waals surface area contributed by atoms with Gasteiger partial charge in [-0.25, -0.2) is 4.79 Å². The van der Waals surface area contributed by atoms with Crippen molar-refractivity contribution in [3.63, 3.8) is 0 Å². The zero-order valence-corrected chi connectivity index (χ0v) is 13.8. The zero-order valence-electron chi connectivity index (χ0n) is 12.3. The van der Waals surface area contributed by atoms with E-state index in [-0.39, 0.29) is 12.1 Å². The van der Waals surface area contributed by atoms with E-state index in [2.05, 4.69) is 5.32 Å². The van der Waals surface area contributed by atoms with Gasteiger partial charge in [-0.1, -0.05) is 29.3 Å². The predicted octanol–water partition coefficient (Wildman–Crippen LogP) is 4.43. The Hall–Kier alpha value is -1.13. The maximum atomic E-state index is 11.6.